The number of hydrogen-bond acceptors (Lipinski definition) is 5. The molecule has 0 aliphatic rings. The van der Waals surface area contributed by atoms with Gasteiger partial charge in [0, 0.05) is 12.8 Å². The zero-order valence-electron chi connectivity index (χ0n) is 22.2. The van der Waals surface area contributed by atoms with Gasteiger partial charge in [0.25, 0.3) is 0 Å². The molecule has 34 heavy (non-hydrogen) atoms. The molecule has 2 unspecified atom stereocenters. The van der Waals surface area contributed by atoms with Crippen molar-refractivity contribution in [2.24, 2.45) is 0 Å². The molecule has 0 spiro atoms. The molecule has 3 N–H and O–H groups in total. The van der Waals surface area contributed by atoms with Crippen LogP contribution >= 0.6 is 0 Å². The van der Waals surface area contributed by atoms with Crippen LogP contribution in [0.4, 0.5) is 0 Å². The summed E-state index contributed by atoms with van der Waals surface area (Å²) in [7, 11) is 0. The summed E-state index contributed by atoms with van der Waals surface area (Å²) in [6.45, 7) is 3.42. The number of aliphatic hydroxyl groups excluding tert-OH is 2. The highest BCUT2D eigenvalue weighted by Gasteiger charge is 2.45. The van der Waals surface area contributed by atoms with Crippen LogP contribution in [0, 0.1) is 0 Å². The highest BCUT2D eigenvalue weighted by atomic mass is 16.4. The van der Waals surface area contributed by atoms with Crippen molar-refractivity contribution >= 4 is 11.6 Å². The second kappa shape index (κ2) is 22.4. The van der Waals surface area contributed by atoms with Crippen molar-refractivity contribution in [2.45, 2.75) is 154 Å². The summed E-state index contributed by atoms with van der Waals surface area (Å²) in [4.78, 5) is 24.7. The third kappa shape index (κ3) is 15.8. The van der Waals surface area contributed by atoms with Crippen LogP contribution in [-0.4, -0.2) is 45.2 Å². The molecule has 0 saturated carbocycles. The molecule has 0 radical (unpaired) electrons. The molecule has 0 saturated heterocycles. The summed E-state index contributed by atoms with van der Waals surface area (Å²) < 4.78 is 0. The molecule has 0 aromatic heterocycles. The van der Waals surface area contributed by atoms with E-state index in [1.54, 1.807) is 0 Å². The maximum atomic E-state index is 12.4. The van der Waals surface area contributed by atoms with E-state index in [0.717, 1.165) is 57.8 Å². The Labute approximate surface area is 209 Å². The maximum absolute atomic E-state index is 12.4. The van der Waals surface area contributed by atoms with Crippen LogP contribution < -0.4 is 0 Å². The third-order valence-corrected chi connectivity index (χ3v) is 6.67. The Morgan fingerprint density at radius 1 is 0.676 bits per heavy atom. The van der Waals surface area contributed by atoms with E-state index < -0.39 is 29.9 Å². The molecule has 2 atom stereocenters. The molecule has 0 heterocycles. The monoisotopic (exact) mass is 482 g/mol. The summed E-state index contributed by atoms with van der Waals surface area (Å²) in [5, 5.41) is 30.3. The van der Waals surface area contributed by atoms with Crippen molar-refractivity contribution in [3.05, 3.63) is 12.2 Å². The zero-order chi connectivity index (χ0) is 25.5. The predicted molar refractivity (Wildman–Crippen MR) is 141 cm³/mol. The molecule has 0 aliphatic heterocycles. The SMILES string of the molecule is CCCCCCCCC=CCCCCCCCC(=O)C(O)C(O)(CO)C(=O)CCCCCCC. The fraction of sp³-hybridized carbons (Fsp3) is 0.862. The Kier molecular flexibility index (Phi) is 21.7. The first kappa shape index (κ1) is 33.0. The van der Waals surface area contributed by atoms with Crippen molar-refractivity contribution in [1.29, 1.82) is 0 Å². The lowest BCUT2D eigenvalue weighted by atomic mass is 9.85. The number of Topliss-reactive ketones (excluding diaryl/α,β-unsaturated/α-hetero) is 2. The molecular weight excluding hydrogens is 428 g/mol. The molecule has 0 rings (SSSR count). The first-order valence-corrected chi connectivity index (χ1v) is 14.2. The second-order valence-corrected chi connectivity index (χ2v) is 9.87. The zero-order valence-corrected chi connectivity index (χ0v) is 22.2. The fourth-order valence-electron chi connectivity index (χ4n) is 4.21. The highest BCUT2D eigenvalue weighted by Crippen LogP contribution is 2.20. The minimum absolute atomic E-state index is 0.0680. The van der Waals surface area contributed by atoms with Gasteiger partial charge in [-0.05, 0) is 38.5 Å². The van der Waals surface area contributed by atoms with Crippen LogP contribution in [0.5, 0.6) is 0 Å². The number of hydrogen-bond donors (Lipinski definition) is 3. The molecule has 200 valence electrons. The van der Waals surface area contributed by atoms with Crippen molar-refractivity contribution in [3.8, 4) is 0 Å². The van der Waals surface area contributed by atoms with Crippen LogP contribution in [0.25, 0.3) is 0 Å². The van der Waals surface area contributed by atoms with E-state index in [1.807, 2.05) is 0 Å². The standard InChI is InChI=1S/C29H54O5/c1-3-5-7-9-10-11-12-13-14-15-16-17-18-20-21-23-26(31)28(33)29(34,25-30)27(32)24-22-19-8-6-4-2/h13-14,28,30,33-34H,3-12,15-25H2,1-2H3. The van der Waals surface area contributed by atoms with Crippen LogP contribution in [0.3, 0.4) is 0 Å². The molecular formula is C29H54O5. The van der Waals surface area contributed by atoms with Crippen LogP contribution in [0.15, 0.2) is 12.2 Å². The first-order valence-electron chi connectivity index (χ1n) is 14.2. The van der Waals surface area contributed by atoms with E-state index >= 15 is 0 Å². The van der Waals surface area contributed by atoms with Crippen LogP contribution in [-0.2, 0) is 9.59 Å². The first-order chi connectivity index (χ1) is 16.4. The summed E-state index contributed by atoms with van der Waals surface area (Å²) in [6, 6.07) is 0. The van der Waals surface area contributed by atoms with Gasteiger partial charge in [0.15, 0.2) is 23.3 Å². The second-order valence-electron chi connectivity index (χ2n) is 9.87. The van der Waals surface area contributed by atoms with Gasteiger partial charge in [-0.15, -0.1) is 0 Å². The number of carbonyl (C=O) groups is 2. The smallest absolute Gasteiger partial charge is 0.178 e. The van der Waals surface area contributed by atoms with Crippen molar-refractivity contribution in [1.82, 2.24) is 0 Å². The molecule has 5 heteroatoms. The van der Waals surface area contributed by atoms with E-state index in [-0.39, 0.29) is 12.8 Å². The van der Waals surface area contributed by atoms with Gasteiger partial charge in [-0.25, -0.2) is 0 Å². The largest absolute Gasteiger partial charge is 0.393 e. The maximum Gasteiger partial charge on any atom is 0.178 e. The molecule has 0 aliphatic carbocycles. The van der Waals surface area contributed by atoms with Gasteiger partial charge in [-0.2, -0.15) is 0 Å². The number of carbonyl (C=O) groups excluding carboxylic acids is 2. The van der Waals surface area contributed by atoms with Gasteiger partial charge >= 0.3 is 0 Å². The Morgan fingerprint density at radius 3 is 1.56 bits per heavy atom. The van der Waals surface area contributed by atoms with Gasteiger partial charge in [0.2, 0.25) is 0 Å². The Hall–Kier alpha value is -1.04. The topological polar surface area (TPSA) is 94.8 Å². The van der Waals surface area contributed by atoms with Crippen molar-refractivity contribution in [2.75, 3.05) is 6.61 Å². The lowest BCUT2D eigenvalue weighted by molar-refractivity contribution is -0.165. The van der Waals surface area contributed by atoms with E-state index in [0.29, 0.717) is 12.8 Å². The summed E-state index contributed by atoms with van der Waals surface area (Å²) >= 11 is 0. The number of rotatable bonds is 25. The van der Waals surface area contributed by atoms with E-state index in [9.17, 15) is 24.9 Å². The Morgan fingerprint density at radius 2 is 1.09 bits per heavy atom. The minimum Gasteiger partial charge on any atom is -0.393 e. The van der Waals surface area contributed by atoms with Crippen molar-refractivity contribution < 1.29 is 24.9 Å². The van der Waals surface area contributed by atoms with Gasteiger partial charge in [-0.3, -0.25) is 9.59 Å². The van der Waals surface area contributed by atoms with E-state index in [2.05, 4.69) is 26.0 Å². The molecule has 0 aromatic rings. The molecule has 0 bridgehead atoms. The van der Waals surface area contributed by atoms with Gasteiger partial charge in [-0.1, -0.05) is 103 Å². The third-order valence-electron chi connectivity index (χ3n) is 6.67. The minimum atomic E-state index is -2.37. The average molecular weight is 483 g/mol. The summed E-state index contributed by atoms with van der Waals surface area (Å²) in [6.07, 6.45) is 22.6. The van der Waals surface area contributed by atoms with E-state index in [1.165, 1.54) is 44.9 Å². The van der Waals surface area contributed by atoms with Crippen LogP contribution in [0.1, 0.15) is 142 Å². The molecule has 0 fully saturated rings. The molecule has 0 amide bonds. The van der Waals surface area contributed by atoms with Crippen LogP contribution in [0.2, 0.25) is 0 Å². The van der Waals surface area contributed by atoms with Crippen molar-refractivity contribution in [3.63, 3.8) is 0 Å². The van der Waals surface area contributed by atoms with Gasteiger partial charge in [0.1, 0.15) is 0 Å². The predicted octanol–water partition coefficient (Wildman–Crippen LogP) is 6.61. The average Bonchev–Trinajstić information content (AvgIpc) is 2.84. The fourth-order valence-corrected chi connectivity index (χ4v) is 4.21. The Balaban J connectivity index is 3.91. The molecule has 5 nitrogen and oxygen atoms in total. The van der Waals surface area contributed by atoms with Gasteiger partial charge < -0.3 is 15.3 Å². The number of unbranched alkanes of at least 4 members (excludes halogenated alkanes) is 15. The van der Waals surface area contributed by atoms with E-state index in [4.69, 9.17) is 0 Å². The van der Waals surface area contributed by atoms with Gasteiger partial charge in [0.05, 0.1) is 6.61 Å². The number of allylic oxidation sites excluding steroid dienone is 2. The lowest BCUT2D eigenvalue weighted by Gasteiger charge is -2.29. The number of aliphatic hydroxyl groups is 3. The lowest BCUT2D eigenvalue weighted by Crippen LogP contribution is -2.55. The highest BCUT2D eigenvalue weighted by molar-refractivity contribution is 5.96. The number of ketones is 2. The quantitative estimate of drug-likeness (QED) is 0.101. The molecule has 0 aromatic carbocycles. The summed E-state index contributed by atoms with van der Waals surface area (Å²) in [5.74, 6) is -1.20. The normalized spacial score (nSPS) is 14.4. The summed E-state index contributed by atoms with van der Waals surface area (Å²) in [5.41, 5.74) is -2.37. The Bertz CT molecular complexity index is 531.